The molecule has 0 saturated carbocycles. The van der Waals surface area contributed by atoms with E-state index in [0.717, 1.165) is 16.9 Å². The first kappa shape index (κ1) is 20.9. The fraction of sp³-hybridized carbons (Fsp3) is 0. The Bertz CT molecular complexity index is 1290. The number of anilines is 2. The molecule has 3 aromatic carbocycles. The Hall–Kier alpha value is -4.37. The molecule has 0 saturated heterocycles. The van der Waals surface area contributed by atoms with E-state index in [1.165, 1.54) is 24.3 Å². The van der Waals surface area contributed by atoms with E-state index in [-0.39, 0.29) is 22.3 Å². The van der Waals surface area contributed by atoms with Gasteiger partial charge in [0.1, 0.15) is 10.7 Å². The summed E-state index contributed by atoms with van der Waals surface area (Å²) in [4.78, 5) is 40.2. The molecule has 0 aliphatic carbocycles. The highest BCUT2D eigenvalue weighted by Crippen LogP contribution is 2.36. The summed E-state index contributed by atoms with van der Waals surface area (Å²) >= 11 is 1.10. The number of benzene rings is 3. The van der Waals surface area contributed by atoms with Crippen LogP contribution in [0.3, 0.4) is 0 Å². The van der Waals surface area contributed by atoms with Gasteiger partial charge in [-0.2, -0.15) is 0 Å². The molecule has 1 heterocycles. The van der Waals surface area contributed by atoms with Gasteiger partial charge in [0.15, 0.2) is 5.13 Å². The number of rotatable bonds is 6. The van der Waals surface area contributed by atoms with E-state index in [1.807, 2.05) is 36.4 Å². The number of carbonyl (C=O) groups excluding carboxylic acids is 2. The number of hydrogen-bond acceptors (Lipinski definition) is 6. The van der Waals surface area contributed by atoms with E-state index < -0.39 is 10.8 Å². The van der Waals surface area contributed by atoms with Crippen molar-refractivity contribution in [3.8, 4) is 11.3 Å². The van der Waals surface area contributed by atoms with Crippen molar-refractivity contribution in [1.29, 1.82) is 0 Å². The van der Waals surface area contributed by atoms with Crippen LogP contribution < -0.4 is 10.6 Å². The maximum atomic E-state index is 12.7. The Morgan fingerprint density at radius 1 is 0.812 bits per heavy atom. The highest BCUT2D eigenvalue weighted by atomic mass is 32.1. The van der Waals surface area contributed by atoms with Crippen LogP contribution in [0.2, 0.25) is 0 Å². The zero-order valence-electron chi connectivity index (χ0n) is 16.5. The van der Waals surface area contributed by atoms with Crippen molar-refractivity contribution in [3.05, 3.63) is 106 Å². The van der Waals surface area contributed by atoms with Crippen LogP contribution in [-0.4, -0.2) is 21.7 Å². The first-order valence-electron chi connectivity index (χ1n) is 9.50. The van der Waals surface area contributed by atoms with Crippen molar-refractivity contribution in [1.82, 2.24) is 4.98 Å². The second kappa shape index (κ2) is 9.19. The summed E-state index contributed by atoms with van der Waals surface area (Å²) < 4.78 is 0. The number of non-ortho nitro benzene ring substituents is 1. The second-order valence-corrected chi connectivity index (χ2v) is 7.64. The first-order chi connectivity index (χ1) is 15.5. The highest BCUT2D eigenvalue weighted by Gasteiger charge is 2.19. The topological polar surface area (TPSA) is 114 Å². The summed E-state index contributed by atoms with van der Waals surface area (Å²) in [7, 11) is 0. The minimum absolute atomic E-state index is 0.130. The lowest BCUT2D eigenvalue weighted by Gasteiger charge is -2.05. The smallest absolute Gasteiger partial charge is 0.270 e. The third-order valence-corrected chi connectivity index (χ3v) is 5.36. The summed E-state index contributed by atoms with van der Waals surface area (Å²) in [6.07, 6.45) is 0. The molecule has 0 bridgehead atoms. The number of hydrogen-bond donors (Lipinski definition) is 2. The van der Waals surface area contributed by atoms with Gasteiger partial charge in [-0.3, -0.25) is 25.0 Å². The van der Waals surface area contributed by atoms with Crippen LogP contribution in [0.5, 0.6) is 0 Å². The van der Waals surface area contributed by atoms with Crippen LogP contribution in [0, 0.1) is 10.1 Å². The third-order valence-electron chi connectivity index (χ3n) is 4.48. The fourth-order valence-corrected chi connectivity index (χ4v) is 3.82. The Morgan fingerprint density at radius 2 is 1.44 bits per heavy atom. The van der Waals surface area contributed by atoms with Gasteiger partial charge in [0.2, 0.25) is 0 Å². The van der Waals surface area contributed by atoms with E-state index in [4.69, 9.17) is 0 Å². The van der Waals surface area contributed by atoms with E-state index in [2.05, 4.69) is 15.6 Å². The average Bonchev–Trinajstić information content (AvgIpc) is 3.22. The van der Waals surface area contributed by atoms with Gasteiger partial charge in [0.25, 0.3) is 17.5 Å². The van der Waals surface area contributed by atoms with Crippen LogP contribution in [0.4, 0.5) is 15.8 Å². The average molecular weight is 444 g/mol. The number of nitro benzene ring substituents is 1. The van der Waals surface area contributed by atoms with Crippen molar-refractivity contribution in [3.63, 3.8) is 0 Å². The number of nitro groups is 1. The molecule has 0 radical (unpaired) electrons. The lowest BCUT2D eigenvalue weighted by atomic mass is 10.1. The van der Waals surface area contributed by atoms with Gasteiger partial charge in [0.05, 0.1) is 4.92 Å². The van der Waals surface area contributed by atoms with Gasteiger partial charge >= 0.3 is 0 Å². The predicted octanol–water partition coefficient (Wildman–Crippen LogP) is 5.22. The van der Waals surface area contributed by atoms with Crippen molar-refractivity contribution in [2.45, 2.75) is 0 Å². The normalized spacial score (nSPS) is 10.4. The van der Waals surface area contributed by atoms with Gasteiger partial charge in [-0.25, -0.2) is 4.98 Å². The van der Waals surface area contributed by atoms with Crippen LogP contribution in [0.1, 0.15) is 20.7 Å². The van der Waals surface area contributed by atoms with Gasteiger partial charge in [0, 0.05) is 28.8 Å². The molecule has 0 spiro atoms. The lowest BCUT2D eigenvalue weighted by Crippen LogP contribution is -2.11. The number of nitrogens with zero attached hydrogens (tertiary/aromatic N) is 2. The van der Waals surface area contributed by atoms with E-state index >= 15 is 0 Å². The standard InChI is InChI=1S/C23H16N4O4S/c28-20(16-10-5-2-6-11-16)25-22-19(15-8-3-1-4-9-15)24-23(32-22)26-21(29)17-12-7-13-18(14-17)27(30)31/h1-14H,(H,25,28)(H,24,26,29). The third kappa shape index (κ3) is 4.68. The molecular weight excluding hydrogens is 428 g/mol. The number of thiazole rings is 1. The Morgan fingerprint density at radius 3 is 2.12 bits per heavy atom. The van der Waals surface area contributed by atoms with E-state index in [0.29, 0.717) is 16.3 Å². The van der Waals surface area contributed by atoms with Crippen molar-refractivity contribution in [2.75, 3.05) is 10.6 Å². The van der Waals surface area contributed by atoms with Crippen LogP contribution >= 0.6 is 11.3 Å². The summed E-state index contributed by atoms with van der Waals surface area (Å²) in [6, 6.07) is 23.4. The van der Waals surface area contributed by atoms with Gasteiger partial charge in [-0.1, -0.05) is 65.9 Å². The number of carbonyl (C=O) groups is 2. The molecule has 4 aromatic rings. The second-order valence-electron chi connectivity index (χ2n) is 6.64. The molecule has 0 atom stereocenters. The van der Waals surface area contributed by atoms with Crippen LogP contribution in [0.15, 0.2) is 84.9 Å². The molecule has 8 nitrogen and oxygen atoms in total. The molecule has 0 fully saturated rings. The maximum absolute atomic E-state index is 12.7. The SMILES string of the molecule is O=C(Nc1nc(-c2ccccc2)c(NC(=O)c2ccccc2)s1)c1cccc([N+](=O)[O-])c1. The molecule has 4 rings (SSSR count). The molecule has 0 aliphatic heterocycles. The largest absolute Gasteiger partial charge is 0.312 e. The summed E-state index contributed by atoms with van der Waals surface area (Å²) in [5, 5.41) is 17.2. The molecular formula is C23H16N4O4S. The lowest BCUT2D eigenvalue weighted by molar-refractivity contribution is -0.384. The zero-order chi connectivity index (χ0) is 22.5. The quantitative estimate of drug-likeness (QED) is 0.312. The minimum Gasteiger partial charge on any atom is -0.312 e. The van der Waals surface area contributed by atoms with Crippen molar-refractivity contribution in [2.24, 2.45) is 0 Å². The first-order valence-corrected chi connectivity index (χ1v) is 10.3. The molecule has 158 valence electrons. The number of aromatic nitrogens is 1. The van der Waals surface area contributed by atoms with Crippen LogP contribution in [0.25, 0.3) is 11.3 Å². The number of nitrogens with one attached hydrogen (secondary N) is 2. The van der Waals surface area contributed by atoms with Crippen molar-refractivity contribution >= 4 is 39.0 Å². The summed E-state index contributed by atoms with van der Waals surface area (Å²) in [5.74, 6) is -0.842. The zero-order valence-corrected chi connectivity index (χ0v) is 17.3. The summed E-state index contributed by atoms with van der Waals surface area (Å²) in [6.45, 7) is 0. The molecule has 1 aromatic heterocycles. The molecule has 2 amide bonds. The highest BCUT2D eigenvalue weighted by molar-refractivity contribution is 7.20. The van der Waals surface area contributed by atoms with E-state index in [9.17, 15) is 19.7 Å². The Balaban J connectivity index is 1.63. The fourth-order valence-electron chi connectivity index (χ4n) is 2.94. The van der Waals surface area contributed by atoms with Gasteiger partial charge in [-0.05, 0) is 18.2 Å². The van der Waals surface area contributed by atoms with E-state index in [1.54, 1.807) is 24.3 Å². The van der Waals surface area contributed by atoms with Crippen molar-refractivity contribution < 1.29 is 14.5 Å². The Labute approximate surface area is 186 Å². The predicted molar refractivity (Wildman–Crippen MR) is 123 cm³/mol. The monoisotopic (exact) mass is 444 g/mol. The summed E-state index contributed by atoms with van der Waals surface area (Å²) in [5.41, 5.74) is 1.71. The molecule has 2 N–H and O–H groups in total. The molecule has 0 aliphatic rings. The minimum atomic E-state index is -0.565. The molecule has 32 heavy (non-hydrogen) atoms. The van der Waals surface area contributed by atoms with Gasteiger partial charge in [-0.15, -0.1) is 0 Å². The molecule has 0 unspecified atom stereocenters. The van der Waals surface area contributed by atoms with Crippen LogP contribution in [-0.2, 0) is 0 Å². The maximum Gasteiger partial charge on any atom is 0.270 e. The Kier molecular flexibility index (Phi) is 6.00. The molecule has 9 heteroatoms. The number of amides is 2. The van der Waals surface area contributed by atoms with Gasteiger partial charge < -0.3 is 5.32 Å².